The van der Waals surface area contributed by atoms with E-state index in [1.165, 1.54) is 36.4 Å². The van der Waals surface area contributed by atoms with Crippen LogP contribution in [0.1, 0.15) is 12.8 Å². The van der Waals surface area contributed by atoms with Crippen LogP contribution in [-0.2, 0) is 14.6 Å². The van der Waals surface area contributed by atoms with Crippen LogP contribution in [0.25, 0.3) is 0 Å². The fraction of sp³-hybridized carbons (Fsp3) is 0.273. The monoisotopic (exact) mass is 461 g/mol. The van der Waals surface area contributed by atoms with Crippen LogP contribution >= 0.6 is 0 Å². The predicted octanol–water partition coefficient (Wildman–Crippen LogP) is 1.93. The number of rotatable bonds is 6. The maximum atomic E-state index is 13.8. The number of sulfone groups is 1. The Hall–Kier alpha value is -3.08. The number of aliphatic carboxylic acids is 1. The summed E-state index contributed by atoms with van der Waals surface area (Å²) in [5.41, 5.74) is -2.16. The van der Waals surface area contributed by atoms with Crippen LogP contribution in [0.15, 0.2) is 76.3 Å². The molecule has 2 aliphatic rings. The van der Waals surface area contributed by atoms with E-state index in [2.05, 4.69) is 4.99 Å². The number of nitrogens with zero attached hydrogens (tertiary/aromatic N) is 1. The van der Waals surface area contributed by atoms with Crippen LogP contribution in [0.4, 0.5) is 4.39 Å². The van der Waals surface area contributed by atoms with Gasteiger partial charge in [0.25, 0.3) is 0 Å². The molecule has 0 bridgehead atoms. The van der Waals surface area contributed by atoms with Crippen molar-refractivity contribution < 1.29 is 37.7 Å². The van der Waals surface area contributed by atoms with E-state index in [-0.39, 0.29) is 16.4 Å². The SMILES string of the molecule is O=C(O)C1(C2(S(=O)(=O)c3ccccc3)C=C(Oc3ccc(F)cc3)C=N2)CC(O)C(O)C1. The third kappa shape index (κ3) is 3.31. The van der Waals surface area contributed by atoms with E-state index in [4.69, 9.17) is 4.74 Å². The summed E-state index contributed by atoms with van der Waals surface area (Å²) in [6, 6.07) is 12.2. The lowest BCUT2D eigenvalue weighted by Gasteiger charge is -2.38. The first-order valence-electron chi connectivity index (χ1n) is 9.72. The topological polar surface area (TPSA) is 133 Å². The van der Waals surface area contributed by atoms with Gasteiger partial charge in [-0.2, -0.15) is 0 Å². The third-order valence-electron chi connectivity index (χ3n) is 5.89. The maximum Gasteiger partial charge on any atom is 0.313 e. The zero-order valence-corrected chi connectivity index (χ0v) is 17.4. The molecule has 3 atom stereocenters. The van der Waals surface area contributed by atoms with Crippen LogP contribution < -0.4 is 4.74 Å². The lowest BCUT2D eigenvalue weighted by atomic mass is 9.78. The molecule has 0 spiro atoms. The Morgan fingerprint density at radius 3 is 2.19 bits per heavy atom. The van der Waals surface area contributed by atoms with Crippen LogP contribution in [0.3, 0.4) is 0 Å². The van der Waals surface area contributed by atoms with E-state index >= 15 is 0 Å². The van der Waals surface area contributed by atoms with E-state index in [0.717, 1.165) is 24.4 Å². The summed E-state index contributed by atoms with van der Waals surface area (Å²) < 4.78 is 46.5. The number of halogens is 1. The van der Waals surface area contributed by atoms with Crippen molar-refractivity contribution in [3.63, 3.8) is 0 Å². The van der Waals surface area contributed by atoms with Crippen molar-refractivity contribution in [1.82, 2.24) is 0 Å². The summed E-state index contributed by atoms with van der Waals surface area (Å²) in [5.74, 6) is -1.89. The zero-order valence-electron chi connectivity index (χ0n) is 16.6. The number of aliphatic imine (C=N–C) groups is 1. The highest BCUT2D eigenvalue weighted by atomic mass is 32.2. The average Bonchev–Trinajstić information content (AvgIpc) is 3.33. The second-order valence-corrected chi connectivity index (χ2v) is 9.90. The molecule has 3 N–H and O–H groups in total. The molecule has 168 valence electrons. The van der Waals surface area contributed by atoms with Crippen molar-refractivity contribution >= 4 is 22.0 Å². The fourth-order valence-electron chi connectivity index (χ4n) is 4.26. The van der Waals surface area contributed by atoms with Gasteiger partial charge in [0.1, 0.15) is 22.7 Å². The van der Waals surface area contributed by atoms with Gasteiger partial charge in [-0.3, -0.25) is 9.79 Å². The average molecular weight is 461 g/mol. The number of hydrogen-bond acceptors (Lipinski definition) is 7. The van der Waals surface area contributed by atoms with Crippen LogP contribution in [0.5, 0.6) is 5.75 Å². The molecule has 1 heterocycles. The van der Waals surface area contributed by atoms with Gasteiger partial charge in [-0.05, 0) is 49.2 Å². The molecule has 1 aliphatic carbocycles. The third-order valence-corrected chi connectivity index (χ3v) is 8.21. The Kier molecular flexibility index (Phi) is 5.40. The molecule has 32 heavy (non-hydrogen) atoms. The van der Waals surface area contributed by atoms with Crippen molar-refractivity contribution in [2.75, 3.05) is 0 Å². The van der Waals surface area contributed by atoms with Crippen molar-refractivity contribution in [3.8, 4) is 5.75 Å². The van der Waals surface area contributed by atoms with E-state index in [1.54, 1.807) is 6.07 Å². The number of aliphatic hydroxyl groups is 2. The van der Waals surface area contributed by atoms with Gasteiger partial charge in [0.2, 0.25) is 14.7 Å². The van der Waals surface area contributed by atoms with Crippen molar-refractivity contribution in [2.24, 2.45) is 10.4 Å². The van der Waals surface area contributed by atoms with Gasteiger partial charge in [0.15, 0.2) is 0 Å². The molecular formula is C22H20FNO7S. The first kappa shape index (κ1) is 22.1. The van der Waals surface area contributed by atoms with Gasteiger partial charge < -0.3 is 20.1 Å². The summed E-state index contributed by atoms with van der Waals surface area (Å²) in [7, 11) is -4.48. The molecule has 1 aliphatic heterocycles. The van der Waals surface area contributed by atoms with Gasteiger partial charge in [-0.15, -0.1) is 0 Å². The molecule has 8 nitrogen and oxygen atoms in total. The molecule has 10 heteroatoms. The van der Waals surface area contributed by atoms with Gasteiger partial charge in [0.05, 0.1) is 23.3 Å². The van der Waals surface area contributed by atoms with E-state index in [0.29, 0.717) is 0 Å². The fourth-order valence-corrected chi connectivity index (χ4v) is 6.36. The van der Waals surface area contributed by atoms with Crippen molar-refractivity contribution in [1.29, 1.82) is 0 Å². The lowest BCUT2D eigenvalue weighted by Crippen LogP contribution is -2.54. The highest BCUT2D eigenvalue weighted by Crippen LogP contribution is 2.55. The Balaban J connectivity index is 1.89. The molecule has 1 saturated carbocycles. The summed E-state index contributed by atoms with van der Waals surface area (Å²) in [6.07, 6.45) is -1.79. The van der Waals surface area contributed by atoms with Crippen LogP contribution in [-0.4, -0.2) is 53.0 Å². The quantitative estimate of drug-likeness (QED) is 0.599. The van der Waals surface area contributed by atoms with Gasteiger partial charge in [-0.1, -0.05) is 18.2 Å². The molecule has 4 rings (SSSR count). The predicted molar refractivity (Wildman–Crippen MR) is 111 cm³/mol. The summed E-state index contributed by atoms with van der Waals surface area (Å²) in [6.45, 7) is 0. The smallest absolute Gasteiger partial charge is 0.313 e. The van der Waals surface area contributed by atoms with Gasteiger partial charge >= 0.3 is 5.97 Å². The number of carboxylic acids is 1. The molecule has 1 fully saturated rings. The number of carboxylic acid groups (broad SMARTS) is 1. The summed E-state index contributed by atoms with van der Waals surface area (Å²) in [4.78, 5) is 14.1. The standard InChI is InChI=1S/C22H20FNO7S/c23-14-6-8-15(9-7-14)31-16-10-22(24-13-16,32(29,30)17-4-2-1-3-5-17)21(20(27)28)11-18(25)19(26)12-21/h1-10,13,18-19,25-26H,11-12H2,(H,27,28). The Morgan fingerprint density at radius 2 is 1.62 bits per heavy atom. The molecule has 0 radical (unpaired) electrons. The highest BCUT2D eigenvalue weighted by molar-refractivity contribution is 7.93. The largest absolute Gasteiger partial charge is 0.481 e. The molecule has 0 aromatic heterocycles. The number of benzene rings is 2. The highest BCUT2D eigenvalue weighted by Gasteiger charge is 2.69. The normalized spacial score (nSPS) is 29.7. The lowest BCUT2D eigenvalue weighted by molar-refractivity contribution is -0.150. The molecular weight excluding hydrogens is 441 g/mol. The number of aliphatic hydroxyl groups excluding tert-OH is 2. The van der Waals surface area contributed by atoms with E-state index in [9.17, 15) is 32.9 Å². The first-order valence-corrected chi connectivity index (χ1v) is 11.2. The Labute approximate surface area is 183 Å². The van der Waals surface area contributed by atoms with Crippen LogP contribution in [0, 0.1) is 11.2 Å². The van der Waals surface area contributed by atoms with E-state index < -0.39 is 57.0 Å². The minimum atomic E-state index is -4.48. The number of hydrogen-bond donors (Lipinski definition) is 3. The first-order chi connectivity index (χ1) is 15.1. The van der Waals surface area contributed by atoms with Gasteiger partial charge in [-0.25, -0.2) is 12.8 Å². The molecule has 0 saturated heterocycles. The summed E-state index contributed by atoms with van der Waals surface area (Å²) in [5, 5.41) is 30.5. The maximum absolute atomic E-state index is 13.8. The number of ether oxygens (including phenoxy) is 1. The zero-order chi connectivity index (χ0) is 23.1. The minimum Gasteiger partial charge on any atom is -0.481 e. The molecule has 3 unspecified atom stereocenters. The minimum absolute atomic E-state index is 0.0624. The number of allylic oxidation sites excluding steroid dienone is 1. The van der Waals surface area contributed by atoms with Crippen molar-refractivity contribution in [2.45, 2.75) is 34.8 Å². The molecule has 2 aromatic rings. The Bertz CT molecular complexity index is 1180. The van der Waals surface area contributed by atoms with Crippen molar-refractivity contribution in [3.05, 3.63) is 72.2 Å². The van der Waals surface area contributed by atoms with E-state index in [1.807, 2.05) is 0 Å². The Morgan fingerprint density at radius 1 is 1.03 bits per heavy atom. The second-order valence-electron chi connectivity index (χ2n) is 7.80. The molecule has 0 amide bonds. The second kappa shape index (κ2) is 7.80. The number of carbonyl (C=O) groups is 1. The van der Waals surface area contributed by atoms with Crippen LogP contribution in [0.2, 0.25) is 0 Å². The summed E-state index contributed by atoms with van der Waals surface area (Å²) >= 11 is 0. The van der Waals surface area contributed by atoms with Gasteiger partial charge in [0, 0.05) is 6.08 Å². The molecule has 2 aromatic carbocycles.